The lowest BCUT2D eigenvalue weighted by Gasteiger charge is -2.39. The van der Waals surface area contributed by atoms with Crippen LogP contribution in [0.25, 0.3) is 0 Å². The fraction of sp³-hybridized carbons (Fsp3) is 0.750. The minimum absolute atomic E-state index is 0.471. The van der Waals surface area contributed by atoms with Gasteiger partial charge in [0.05, 0.1) is 12.2 Å². The van der Waals surface area contributed by atoms with E-state index in [-0.39, 0.29) is 0 Å². The second kappa shape index (κ2) is 5.44. The summed E-state index contributed by atoms with van der Waals surface area (Å²) < 4.78 is 0. The Hall–Kier alpha value is -0.490. The van der Waals surface area contributed by atoms with E-state index in [1.54, 1.807) is 0 Å². The van der Waals surface area contributed by atoms with E-state index < -0.39 is 0 Å². The van der Waals surface area contributed by atoms with E-state index >= 15 is 0 Å². The molecular weight excluding hydrogens is 232 g/mol. The van der Waals surface area contributed by atoms with Crippen LogP contribution in [0.15, 0.2) is 0 Å². The zero-order valence-corrected chi connectivity index (χ0v) is 11.8. The van der Waals surface area contributed by atoms with E-state index in [1.807, 2.05) is 11.3 Å². The van der Waals surface area contributed by atoms with Gasteiger partial charge in [-0.1, -0.05) is 0 Å². The second-order valence-corrected chi connectivity index (χ2v) is 6.16. The van der Waals surface area contributed by atoms with Gasteiger partial charge in [-0.05, 0) is 20.9 Å². The average Bonchev–Trinajstić information content (AvgIpc) is 2.60. The Morgan fingerprint density at radius 3 is 2.76 bits per heavy atom. The lowest BCUT2D eigenvalue weighted by Crippen LogP contribution is -2.54. The van der Waals surface area contributed by atoms with Crippen molar-refractivity contribution in [1.29, 1.82) is 0 Å². The molecule has 0 aromatic carbocycles. The molecule has 1 aliphatic rings. The molecule has 0 saturated carbocycles. The fourth-order valence-corrected chi connectivity index (χ4v) is 3.22. The molecule has 17 heavy (non-hydrogen) atoms. The summed E-state index contributed by atoms with van der Waals surface area (Å²) in [5.74, 6) is 0. The number of aryl methyl sites for hydroxylation is 2. The highest BCUT2D eigenvalue weighted by molar-refractivity contribution is 7.11. The van der Waals surface area contributed by atoms with Crippen molar-refractivity contribution in [1.82, 2.24) is 14.8 Å². The summed E-state index contributed by atoms with van der Waals surface area (Å²) >= 11 is 1.81. The van der Waals surface area contributed by atoms with Gasteiger partial charge in [0.15, 0.2) is 0 Å². The van der Waals surface area contributed by atoms with Crippen LogP contribution >= 0.6 is 11.3 Å². The molecule has 1 aliphatic heterocycles. The predicted octanol–water partition coefficient (Wildman–Crippen LogP) is 0.835. The number of aromatic nitrogens is 1. The first kappa shape index (κ1) is 13.0. The number of thiazole rings is 1. The number of hydrogen-bond acceptors (Lipinski definition) is 5. The number of nitrogens with zero attached hydrogens (tertiary/aromatic N) is 3. The summed E-state index contributed by atoms with van der Waals surface area (Å²) in [5.41, 5.74) is 7.03. The summed E-state index contributed by atoms with van der Waals surface area (Å²) in [6.45, 7) is 9.19. The molecule has 0 radical (unpaired) electrons. The highest BCUT2D eigenvalue weighted by atomic mass is 32.1. The van der Waals surface area contributed by atoms with Gasteiger partial charge in [-0.25, -0.2) is 4.98 Å². The first-order valence-electron chi connectivity index (χ1n) is 6.15. The molecule has 5 heteroatoms. The monoisotopic (exact) mass is 254 g/mol. The average molecular weight is 254 g/mol. The molecule has 1 unspecified atom stereocenters. The molecule has 1 atom stereocenters. The highest BCUT2D eigenvalue weighted by Gasteiger charge is 2.24. The van der Waals surface area contributed by atoms with Crippen LogP contribution in [-0.4, -0.2) is 54.1 Å². The molecule has 2 rings (SSSR count). The first-order valence-corrected chi connectivity index (χ1v) is 6.97. The summed E-state index contributed by atoms with van der Waals surface area (Å²) in [4.78, 5) is 10.8. The van der Waals surface area contributed by atoms with E-state index in [1.165, 1.54) is 15.6 Å². The SMILES string of the molecule is Cc1nc(CN2CCN(C)CC2CN)sc1C. The molecule has 1 fully saturated rings. The van der Waals surface area contributed by atoms with Gasteiger partial charge in [-0.2, -0.15) is 0 Å². The van der Waals surface area contributed by atoms with Gasteiger partial charge in [0, 0.05) is 37.1 Å². The van der Waals surface area contributed by atoms with Crippen molar-refractivity contribution in [3.8, 4) is 0 Å². The number of nitrogens with two attached hydrogens (primary N) is 1. The Morgan fingerprint density at radius 1 is 1.41 bits per heavy atom. The quantitative estimate of drug-likeness (QED) is 0.868. The van der Waals surface area contributed by atoms with Crippen molar-refractivity contribution < 1.29 is 0 Å². The molecule has 2 heterocycles. The third kappa shape index (κ3) is 3.04. The molecule has 1 aromatic rings. The van der Waals surface area contributed by atoms with Gasteiger partial charge in [-0.15, -0.1) is 11.3 Å². The number of rotatable bonds is 3. The third-order valence-corrected chi connectivity index (χ3v) is 4.55. The molecule has 1 aromatic heterocycles. The zero-order chi connectivity index (χ0) is 12.4. The van der Waals surface area contributed by atoms with Crippen molar-refractivity contribution in [3.63, 3.8) is 0 Å². The topological polar surface area (TPSA) is 45.4 Å². The van der Waals surface area contributed by atoms with E-state index in [4.69, 9.17) is 5.73 Å². The van der Waals surface area contributed by atoms with Crippen molar-refractivity contribution in [3.05, 3.63) is 15.6 Å². The summed E-state index contributed by atoms with van der Waals surface area (Å²) in [6.07, 6.45) is 0. The minimum atomic E-state index is 0.471. The zero-order valence-electron chi connectivity index (χ0n) is 10.9. The number of likely N-dealkylation sites (N-methyl/N-ethyl adjacent to an activating group) is 1. The molecule has 0 aliphatic carbocycles. The Kier molecular flexibility index (Phi) is 4.14. The molecule has 1 saturated heterocycles. The van der Waals surface area contributed by atoms with Crippen LogP contribution in [0.1, 0.15) is 15.6 Å². The summed E-state index contributed by atoms with van der Waals surface area (Å²) in [7, 11) is 2.16. The molecule has 96 valence electrons. The van der Waals surface area contributed by atoms with Crippen molar-refractivity contribution >= 4 is 11.3 Å². The lowest BCUT2D eigenvalue weighted by atomic mass is 10.2. The van der Waals surface area contributed by atoms with Crippen LogP contribution in [-0.2, 0) is 6.54 Å². The largest absolute Gasteiger partial charge is 0.329 e. The molecule has 4 nitrogen and oxygen atoms in total. The van der Waals surface area contributed by atoms with Crippen molar-refractivity contribution in [2.45, 2.75) is 26.4 Å². The third-order valence-electron chi connectivity index (χ3n) is 3.49. The fourth-order valence-electron chi connectivity index (χ4n) is 2.26. The van der Waals surface area contributed by atoms with E-state index in [9.17, 15) is 0 Å². The van der Waals surface area contributed by atoms with Gasteiger partial charge >= 0.3 is 0 Å². The Morgan fingerprint density at radius 2 is 2.18 bits per heavy atom. The maximum absolute atomic E-state index is 5.86. The Balaban J connectivity index is 2.02. The Bertz CT molecular complexity index is 357. The summed E-state index contributed by atoms with van der Waals surface area (Å²) in [6, 6.07) is 0.471. The standard InChI is InChI=1S/C12H22N4S/c1-9-10(2)17-12(14-9)8-16-5-4-15(3)7-11(16)6-13/h11H,4-8,13H2,1-3H3. The van der Waals surface area contributed by atoms with Gasteiger partial charge in [-0.3, -0.25) is 4.90 Å². The molecule has 0 amide bonds. The molecule has 0 bridgehead atoms. The van der Waals surface area contributed by atoms with Crippen LogP contribution in [0, 0.1) is 13.8 Å². The van der Waals surface area contributed by atoms with Crippen molar-refractivity contribution in [2.75, 3.05) is 33.2 Å². The molecule has 0 spiro atoms. The minimum Gasteiger partial charge on any atom is -0.329 e. The summed E-state index contributed by atoms with van der Waals surface area (Å²) in [5, 5.41) is 1.23. The maximum Gasteiger partial charge on any atom is 0.107 e. The van der Waals surface area contributed by atoms with Crippen molar-refractivity contribution in [2.24, 2.45) is 5.73 Å². The van der Waals surface area contributed by atoms with E-state index in [2.05, 4.69) is 35.7 Å². The molecular formula is C12H22N4S. The van der Waals surface area contributed by atoms with Crippen LogP contribution in [0.5, 0.6) is 0 Å². The second-order valence-electron chi connectivity index (χ2n) is 4.87. The predicted molar refractivity (Wildman–Crippen MR) is 72.3 cm³/mol. The number of piperazine rings is 1. The van der Waals surface area contributed by atoms with Crippen LogP contribution in [0.3, 0.4) is 0 Å². The first-order chi connectivity index (χ1) is 8.10. The Labute approximate surface area is 107 Å². The van der Waals surface area contributed by atoms with Gasteiger partial charge in [0.1, 0.15) is 5.01 Å². The molecule has 2 N–H and O–H groups in total. The van der Waals surface area contributed by atoms with E-state index in [0.29, 0.717) is 6.04 Å². The smallest absolute Gasteiger partial charge is 0.107 e. The van der Waals surface area contributed by atoms with Crippen LogP contribution < -0.4 is 5.73 Å². The van der Waals surface area contributed by atoms with Gasteiger partial charge in [0.2, 0.25) is 0 Å². The van der Waals surface area contributed by atoms with Crippen LogP contribution in [0.2, 0.25) is 0 Å². The highest BCUT2D eigenvalue weighted by Crippen LogP contribution is 2.20. The van der Waals surface area contributed by atoms with Gasteiger partial charge < -0.3 is 10.6 Å². The number of hydrogen-bond donors (Lipinski definition) is 1. The van der Waals surface area contributed by atoms with Gasteiger partial charge in [0.25, 0.3) is 0 Å². The normalized spacial score (nSPS) is 23.2. The van der Waals surface area contributed by atoms with Crippen LogP contribution in [0.4, 0.5) is 0 Å². The maximum atomic E-state index is 5.86. The lowest BCUT2D eigenvalue weighted by molar-refractivity contribution is 0.0880. The van der Waals surface area contributed by atoms with E-state index in [0.717, 1.165) is 32.7 Å².